The summed E-state index contributed by atoms with van der Waals surface area (Å²) in [5.74, 6) is 0. The molecule has 0 radical (unpaired) electrons. The van der Waals surface area contributed by atoms with Crippen LogP contribution < -0.4 is 5.46 Å². The van der Waals surface area contributed by atoms with E-state index >= 15 is 0 Å². The maximum Gasteiger partial charge on any atom is 0.139 e. The third-order valence-corrected chi connectivity index (χ3v) is 6.88. The summed E-state index contributed by atoms with van der Waals surface area (Å²) < 4.78 is 2.75. The van der Waals surface area contributed by atoms with Crippen LogP contribution in [0.5, 0.6) is 0 Å². The zero-order chi connectivity index (χ0) is 18.0. The highest BCUT2D eigenvalue weighted by Gasteiger charge is 2.18. The van der Waals surface area contributed by atoms with Crippen LogP contribution in [-0.2, 0) is 6.42 Å². The Labute approximate surface area is 163 Å². The molecule has 6 rings (SSSR count). The fourth-order valence-electron chi connectivity index (χ4n) is 4.37. The van der Waals surface area contributed by atoms with Crippen LogP contribution in [0.25, 0.3) is 42.4 Å². The summed E-state index contributed by atoms with van der Waals surface area (Å²) in [6, 6.07) is 29.4. The molecule has 2 heteroatoms. The Morgan fingerprint density at radius 1 is 0.630 bits per heavy atom. The summed E-state index contributed by atoms with van der Waals surface area (Å²) in [5.41, 5.74) is 9.62. The van der Waals surface area contributed by atoms with E-state index in [1.165, 1.54) is 59.0 Å². The van der Waals surface area contributed by atoms with E-state index in [1.54, 1.807) is 0 Å². The van der Waals surface area contributed by atoms with Crippen molar-refractivity contribution in [1.82, 2.24) is 0 Å². The van der Waals surface area contributed by atoms with E-state index in [1.807, 2.05) is 11.3 Å². The zero-order valence-corrected chi connectivity index (χ0v) is 15.9. The normalized spacial score (nSPS) is 12.4. The predicted molar refractivity (Wildman–Crippen MR) is 121 cm³/mol. The Kier molecular flexibility index (Phi) is 3.15. The molecule has 0 nitrogen and oxygen atoms in total. The van der Waals surface area contributed by atoms with Crippen molar-refractivity contribution in [1.29, 1.82) is 0 Å². The lowest BCUT2D eigenvalue weighted by atomic mass is 9.95. The van der Waals surface area contributed by atoms with Crippen molar-refractivity contribution in [2.75, 3.05) is 0 Å². The Hall–Kier alpha value is -2.84. The van der Waals surface area contributed by atoms with Gasteiger partial charge in [-0.2, -0.15) is 0 Å². The number of benzene rings is 4. The highest BCUT2D eigenvalue weighted by molar-refractivity contribution is 7.25. The molecule has 0 unspecified atom stereocenters. The van der Waals surface area contributed by atoms with Gasteiger partial charge < -0.3 is 0 Å². The van der Waals surface area contributed by atoms with Crippen LogP contribution in [0.3, 0.4) is 0 Å². The quantitative estimate of drug-likeness (QED) is 0.337. The summed E-state index contributed by atoms with van der Waals surface area (Å²) in [4.78, 5) is 0. The van der Waals surface area contributed by atoms with Crippen LogP contribution in [0, 0.1) is 0 Å². The maximum atomic E-state index is 2.37. The van der Waals surface area contributed by atoms with Gasteiger partial charge in [-0.3, -0.25) is 0 Å². The summed E-state index contributed by atoms with van der Waals surface area (Å²) in [5, 5.41) is 2.74. The van der Waals surface area contributed by atoms with E-state index < -0.39 is 0 Å². The van der Waals surface area contributed by atoms with Crippen LogP contribution in [0.1, 0.15) is 11.1 Å². The Morgan fingerprint density at radius 3 is 2.26 bits per heavy atom. The molecule has 27 heavy (non-hydrogen) atoms. The van der Waals surface area contributed by atoms with Gasteiger partial charge in [0.2, 0.25) is 0 Å². The maximum absolute atomic E-state index is 2.37. The first-order valence-corrected chi connectivity index (χ1v) is 10.2. The molecular weight excluding hydrogens is 343 g/mol. The number of fused-ring (bicyclic) bond motifs is 6. The van der Waals surface area contributed by atoms with Gasteiger partial charge in [-0.1, -0.05) is 72.2 Å². The summed E-state index contributed by atoms with van der Waals surface area (Å²) >= 11 is 1.90. The summed E-state index contributed by atoms with van der Waals surface area (Å²) in [6.45, 7) is 0. The molecule has 1 aromatic heterocycles. The standard InChI is InChI=1S/C25H17BS/c26-19-8-10-22-21-9-7-16(13-24(21)27-25(22)14-19)15-5-6-18-11-17-3-1-2-4-20(17)23(18)12-15/h1-10,12-14H,11,26H2. The summed E-state index contributed by atoms with van der Waals surface area (Å²) in [6.07, 6.45) is 1.06. The van der Waals surface area contributed by atoms with E-state index in [0.29, 0.717) is 0 Å². The Morgan fingerprint density at radius 2 is 1.33 bits per heavy atom. The van der Waals surface area contributed by atoms with E-state index in [2.05, 4.69) is 86.7 Å². The average Bonchev–Trinajstić information content (AvgIpc) is 3.24. The average molecular weight is 360 g/mol. The molecule has 126 valence electrons. The van der Waals surface area contributed by atoms with Crippen molar-refractivity contribution >= 4 is 44.8 Å². The van der Waals surface area contributed by atoms with Gasteiger partial charge in [-0.15, -0.1) is 11.3 Å². The van der Waals surface area contributed by atoms with Gasteiger partial charge in [0, 0.05) is 20.2 Å². The zero-order valence-electron chi connectivity index (χ0n) is 15.1. The lowest BCUT2D eigenvalue weighted by Crippen LogP contribution is -1.98. The molecule has 1 aliphatic rings. The second-order valence-electron chi connectivity index (χ2n) is 7.52. The minimum atomic E-state index is 1.06. The fraction of sp³-hybridized carbons (Fsp3) is 0.0400. The topological polar surface area (TPSA) is 0 Å². The first-order valence-electron chi connectivity index (χ1n) is 9.41. The van der Waals surface area contributed by atoms with Crippen molar-refractivity contribution in [3.8, 4) is 22.3 Å². The second kappa shape index (κ2) is 5.58. The van der Waals surface area contributed by atoms with Gasteiger partial charge in [0.05, 0.1) is 0 Å². The molecule has 0 spiro atoms. The molecule has 0 bridgehead atoms. The molecule has 4 aromatic carbocycles. The number of hydrogen-bond donors (Lipinski definition) is 0. The van der Waals surface area contributed by atoms with Crippen molar-refractivity contribution < 1.29 is 0 Å². The molecule has 0 N–H and O–H groups in total. The van der Waals surface area contributed by atoms with Crippen molar-refractivity contribution in [2.45, 2.75) is 6.42 Å². The number of rotatable bonds is 1. The van der Waals surface area contributed by atoms with Gasteiger partial charge >= 0.3 is 0 Å². The predicted octanol–water partition coefficient (Wildman–Crippen LogP) is 5.55. The van der Waals surface area contributed by atoms with Gasteiger partial charge in [0.25, 0.3) is 0 Å². The van der Waals surface area contributed by atoms with Gasteiger partial charge in [-0.05, 0) is 51.9 Å². The molecule has 0 amide bonds. The highest BCUT2D eigenvalue weighted by Crippen LogP contribution is 2.40. The minimum absolute atomic E-state index is 1.06. The monoisotopic (exact) mass is 360 g/mol. The minimum Gasteiger partial charge on any atom is -0.135 e. The molecule has 5 aromatic rings. The van der Waals surface area contributed by atoms with Crippen LogP contribution in [0.4, 0.5) is 0 Å². The molecule has 0 saturated heterocycles. The molecule has 0 aliphatic heterocycles. The number of hydrogen-bond acceptors (Lipinski definition) is 1. The molecular formula is C25H17BS. The van der Waals surface area contributed by atoms with Crippen LogP contribution in [-0.4, -0.2) is 7.85 Å². The van der Waals surface area contributed by atoms with Crippen molar-refractivity contribution in [2.24, 2.45) is 0 Å². The Balaban J connectivity index is 1.52. The Bertz CT molecular complexity index is 1360. The lowest BCUT2D eigenvalue weighted by molar-refractivity contribution is 1.26. The van der Waals surface area contributed by atoms with Gasteiger partial charge in [0.1, 0.15) is 7.85 Å². The van der Waals surface area contributed by atoms with Gasteiger partial charge in [0.15, 0.2) is 0 Å². The van der Waals surface area contributed by atoms with Gasteiger partial charge in [-0.25, -0.2) is 0 Å². The van der Waals surface area contributed by atoms with E-state index in [4.69, 9.17) is 0 Å². The summed E-state index contributed by atoms with van der Waals surface area (Å²) in [7, 11) is 2.16. The molecule has 0 fully saturated rings. The first kappa shape index (κ1) is 15.2. The number of thiophene rings is 1. The van der Waals surface area contributed by atoms with E-state index in [0.717, 1.165) is 6.42 Å². The first-order chi connectivity index (χ1) is 13.3. The smallest absolute Gasteiger partial charge is 0.135 e. The molecule has 0 saturated carbocycles. The van der Waals surface area contributed by atoms with E-state index in [9.17, 15) is 0 Å². The molecule has 1 heterocycles. The van der Waals surface area contributed by atoms with Crippen LogP contribution in [0.15, 0.2) is 78.9 Å². The third-order valence-electron chi connectivity index (χ3n) is 5.76. The van der Waals surface area contributed by atoms with Crippen LogP contribution in [0.2, 0.25) is 0 Å². The van der Waals surface area contributed by atoms with Crippen LogP contribution >= 0.6 is 11.3 Å². The highest BCUT2D eigenvalue weighted by atomic mass is 32.1. The van der Waals surface area contributed by atoms with Crippen molar-refractivity contribution in [3.05, 3.63) is 90.0 Å². The largest absolute Gasteiger partial charge is 0.139 e. The second-order valence-corrected chi connectivity index (χ2v) is 8.60. The van der Waals surface area contributed by atoms with E-state index in [-0.39, 0.29) is 0 Å². The fourth-order valence-corrected chi connectivity index (χ4v) is 5.61. The molecule has 0 atom stereocenters. The SMILES string of the molecule is Bc1ccc2c(c1)sc1cc(-c3ccc4c(c3)-c3ccccc3C4)ccc12. The lowest BCUT2D eigenvalue weighted by Gasteiger charge is -2.07. The van der Waals surface area contributed by atoms with Crippen molar-refractivity contribution in [3.63, 3.8) is 0 Å². The molecule has 1 aliphatic carbocycles. The third kappa shape index (κ3) is 2.30.